The van der Waals surface area contributed by atoms with Gasteiger partial charge in [0.25, 0.3) is 10.1 Å². The quantitative estimate of drug-likeness (QED) is 0.0979. The Labute approximate surface area is 227 Å². The minimum Gasteiger partial charge on any atom is -0.490 e. The van der Waals surface area contributed by atoms with Gasteiger partial charge in [0.15, 0.2) is 11.5 Å². The third-order valence-corrected chi connectivity index (χ3v) is 7.44. The molecule has 6 nitrogen and oxygen atoms in total. The van der Waals surface area contributed by atoms with Gasteiger partial charge in [-0.2, -0.15) is 8.42 Å². The Kier molecular flexibility index (Phi) is 19.5. The lowest BCUT2D eigenvalue weighted by Crippen LogP contribution is -2.10. The van der Waals surface area contributed by atoms with Crippen LogP contribution >= 0.6 is 0 Å². The summed E-state index contributed by atoms with van der Waals surface area (Å²) in [6.45, 7) is 7.93. The van der Waals surface area contributed by atoms with E-state index in [1.54, 1.807) is 6.07 Å². The maximum Gasteiger partial charge on any atom is 0.298 e. The number of hydrogen-bond acceptors (Lipinski definition) is 5. The molecular formula is C30H54O6S. The molecule has 0 aromatic heterocycles. The van der Waals surface area contributed by atoms with E-state index in [9.17, 15) is 13.0 Å². The highest BCUT2D eigenvalue weighted by Crippen LogP contribution is 2.43. The first-order chi connectivity index (χ1) is 18.0. The van der Waals surface area contributed by atoms with Gasteiger partial charge in [-0.1, -0.05) is 117 Å². The Hall–Kier alpha value is -1.47. The van der Waals surface area contributed by atoms with Crippen LogP contribution in [0.3, 0.4) is 0 Å². The number of benzene rings is 1. The summed E-state index contributed by atoms with van der Waals surface area (Å²) in [7, 11) is -4.47. The lowest BCUT2D eigenvalue weighted by atomic mass is 10.1. The summed E-state index contributed by atoms with van der Waals surface area (Å²) in [5.41, 5.74) is 0. The van der Waals surface area contributed by atoms with Crippen LogP contribution in [-0.2, 0) is 10.1 Å². The van der Waals surface area contributed by atoms with E-state index >= 15 is 0 Å². The molecule has 0 bridgehead atoms. The van der Waals surface area contributed by atoms with Gasteiger partial charge in [0.1, 0.15) is 4.90 Å². The second-order valence-electron chi connectivity index (χ2n) is 10.0. The van der Waals surface area contributed by atoms with Crippen LogP contribution in [0.15, 0.2) is 17.0 Å². The van der Waals surface area contributed by atoms with Crippen molar-refractivity contribution in [1.82, 2.24) is 0 Å². The molecule has 0 aliphatic carbocycles. The third kappa shape index (κ3) is 15.5. The summed E-state index contributed by atoms with van der Waals surface area (Å²) < 4.78 is 52.4. The molecule has 0 saturated carbocycles. The van der Waals surface area contributed by atoms with E-state index in [1.165, 1.54) is 70.3 Å². The largest absolute Gasteiger partial charge is 0.490 e. The number of rotatable bonds is 25. The Bertz CT molecular complexity index is 794. The smallest absolute Gasteiger partial charge is 0.298 e. The number of unbranched alkanes of at least 4 members (excludes halogenated alkanes) is 15. The van der Waals surface area contributed by atoms with E-state index < -0.39 is 10.1 Å². The van der Waals surface area contributed by atoms with Crippen LogP contribution in [0.25, 0.3) is 0 Å². The van der Waals surface area contributed by atoms with E-state index in [0.717, 1.165) is 51.4 Å². The number of hydrogen-bond donors (Lipinski definition) is 1. The van der Waals surface area contributed by atoms with Crippen molar-refractivity contribution in [3.63, 3.8) is 0 Å². The summed E-state index contributed by atoms with van der Waals surface area (Å²) >= 11 is 0. The standard InChI is InChI=1S/C30H54O6S/c1-4-7-10-13-16-19-24-34-27-22-23-28(37(31,32)33)30(36-26-21-18-15-12-9-6-3)29(27)35-25-20-17-14-11-8-5-2/h22-23H,4-21,24-26H2,1-3H3,(H,31,32,33). The monoisotopic (exact) mass is 542 g/mol. The molecule has 37 heavy (non-hydrogen) atoms. The highest BCUT2D eigenvalue weighted by Gasteiger charge is 2.25. The zero-order valence-corrected chi connectivity index (χ0v) is 24.7. The molecule has 0 radical (unpaired) electrons. The molecule has 0 amide bonds. The van der Waals surface area contributed by atoms with Crippen molar-refractivity contribution in [2.45, 2.75) is 141 Å². The average molecular weight is 543 g/mol. The molecule has 1 aromatic rings. The first-order valence-electron chi connectivity index (χ1n) is 15.0. The van der Waals surface area contributed by atoms with Gasteiger partial charge in [-0.25, -0.2) is 0 Å². The van der Waals surface area contributed by atoms with E-state index in [-0.39, 0.29) is 10.6 Å². The zero-order valence-electron chi connectivity index (χ0n) is 23.9. The number of ether oxygens (including phenoxy) is 3. The molecule has 0 fully saturated rings. The second kappa shape index (κ2) is 21.5. The van der Waals surface area contributed by atoms with Gasteiger partial charge in [0.05, 0.1) is 19.8 Å². The predicted octanol–water partition coefficient (Wildman–Crippen LogP) is 9.15. The van der Waals surface area contributed by atoms with Crippen molar-refractivity contribution >= 4 is 10.1 Å². The zero-order chi connectivity index (χ0) is 27.2. The van der Waals surface area contributed by atoms with Gasteiger partial charge >= 0.3 is 0 Å². The first kappa shape index (κ1) is 33.6. The molecule has 0 unspecified atom stereocenters. The second-order valence-corrected chi connectivity index (χ2v) is 11.4. The summed E-state index contributed by atoms with van der Waals surface area (Å²) in [6, 6.07) is 2.94. The van der Waals surface area contributed by atoms with E-state index in [0.29, 0.717) is 31.3 Å². The van der Waals surface area contributed by atoms with E-state index in [2.05, 4.69) is 20.8 Å². The Morgan fingerprint density at radius 2 is 0.919 bits per heavy atom. The van der Waals surface area contributed by atoms with Crippen LogP contribution in [-0.4, -0.2) is 32.8 Å². The normalized spacial score (nSPS) is 11.6. The van der Waals surface area contributed by atoms with Gasteiger partial charge in [-0.3, -0.25) is 4.55 Å². The molecule has 216 valence electrons. The Balaban J connectivity index is 2.90. The van der Waals surface area contributed by atoms with Gasteiger partial charge < -0.3 is 14.2 Å². The molecular weight excluding hydrogens is 488 g/mol. The fourth-order valence-electron chi connectivity index (χ4n) is 4.29. The summed E-state index contributed by atoms with van der Waals surface area (Å²) in [5.74, 6) is 0.841. The average Bonchev–Trinajstić information content (AvgIpc) is 2.87. The van der Waals surface area contributed by atoms with Crippen LogP contribution in [0.4, 0.5) is 0 Å². The van der Waals surface area contributed by atoms with Crippen molar-refractivity contribution in [3.05, 3.63) is 12.1 Å². The maximum absolute atomic E-state index is 12.2. The van der Waals surface area contributed by atoms with Crippen molar-refractivity contribution < 1.29 is 27.2 Å². The van der Waals surface area contributed by atoms with Crippen molar-refractivity contribution in [2.75, 3.05) is 19.8 Å². The van der Waals surface area contributed by atoms with Crippen LogP contribution in [0, 0.1) is 0 Å². The van der Waals surface area contributed by atoms with Crippen LogP contribution < -0.4 is 14.2 Å². The van der Waals surface area contributed by atoms with Gasteiger partial charge in [-0.15, -0.1) is 0 Å². The Morgan fingerprint density at radius 1 is 0.541 bits per heavy atom. The topological polar surface area (TPSA) is 82.1 Å². The third-order valence-electron chi connectivity index (χ3n) is 6.56. The molecule has 0 spiro atoms. The van der Waals surface area contributed by atoms with Gasteiger partial charge in [-0.05, 0) is 31.4 Å². The minimum atomic E-state index is -4.47. The maximum atomic E-state index is 12.2. The molecule has 1 aromatic carbocycles. The van der Waals surface area contributed by atoms with E-state index in [1.807, 2.05) is 0 Å². The van der Waals surface area contributed by atoms with Gasteiger partial charge in [0, 0.05) is 0 Å². The lowest BCUT2D eigenvalue weighted by Gasteiger charge is -2.19. The van der Waals surface area contributed by atoms with Crippen LogP contribution in [0.1, 0.15) is 136 Å². The molecule has 1 rings (SSSR count). The fraction of sp³-hybridized carbons (Fsp3) is 0.800. The van der Waals surface area contributed by atoms with Crippen molar-refractivity contribution in [1.29, 1.82) is 0 Å². The highest BCUT2D eigenvalue weighted by atomic mass is 32.2. The fourth-order valence-corrected chi connectivity index (χ4v) is 4.92. The molecule has 0 atom stereocenters. The minimum absolute atomic E-state index is 0.0717. The summed E-state index contributed by atoms with van der Waals surface area (Å²) in [5, 5.41) is 0. The first-order valence-corrected chi connectivity index (χ1v) is 16.4. The van der Waals surface area contributed by atoms with Crippen molar-refractivity contribution in [2.24, 2.45) is 0 Å². The summed E-state index contributed by atoms with van der Waals surface area (Å²) in [4.78, 5) is -0.261. The van der Waals surface area contributed by atoms with Gasteiger partial charge in [0.2, 0.25) is 5.75 Å². The highest BCUT2D eigenvalue weighted by molar-refractivity contribution is 7.86. The predicted molar refractivity (Wildman–Crippen MR) is 153 cm³/mol. The molecule has 0 heterocycles. The lowest BCUT2D eigenvalue weighted by molar-refractivity contribution is 0.230. The van der Waals surface area contributed by atoms with Crippen LogP contribution in [0.5, 0.6) is 17.2 Å². The summed E-state index contributed by atoms with van der Waals surface area (Å²) in [6.07, 6.45) is 20.2. The van der Waals surface area contributed by atoms with Crippen molar-refractivity contribution in [3.8, 4) is 17.2 Å². The Morgan fingerprint density at radius 3 is 1.35 bits per heavy atom. The molecule has 7 heteroatoms. The molecule has 0 aliphatic heterocycles. The SMILES string of the molecule is CCCCCCCCOc1ccc(S(=O)(=O)O)c(OCCCCCCCC)c1OCCCCCCCC. The van der Waals surface area contributed by atoms with Crippen LogP contribution in [0.2, 0.25) is 0 Å². The van der Waals surface area contributed by atoms with E-state index in [4.69, 9.17) is 14.2 Å². The molecule has 0 aliphatic rings. The molecule has 0 saturated heterocycles. The molecule has 1 N–H and O–H groups in total.